The molecule has 1 saturated carbocycles. The van der Waals surface area contributed by atoms with E-state index in [1.165, 1.54) is 44.9 Å². The van der Waals surface area contributed by atoms with Crippen molar-refractivity contribution >= 4 is 0 Å². The van der Waals surface area contributed by atoms with Crippen LogP contribution in [0.2, 0.25) is 0 Å². The second-order valence-electron chi connectivity index (χ2n) is 4.60. The molecule has 0 aromatic heterocycles. The van der Waals surface area contributed by atoms with Crippen LogP contribution in [-0.2, 0) is 9.47 Å². The molecule has 0 unspecified atom stereocenters. The van der Waals surface area contributed by atoms with Crippen molar-refractivity contribution < 1.29 is 9.47 Å². The van der Waals surface area contributed by atoms with Crippen molar-refractivity contribution in [2.45, 2.75) is 51.0 Å². The molecule has 0 heterocycles. The first kappa shape index (κ1) is 13.9. The summed E-state index contributed by atoms with van der Waals surface area (Å²) in [6, 6.07) is 0.728. The first-order valence-corrected chi connectivity index (χ1v) is 6.73. The van der Waals surface area contributed by atoms with Gasteiger partial charge in [-0.1, -0.05) is 32.1 Å². The van der Waals surface area contributed by atoms with E-state index in [1.54, 1.807) is 7.11 Å². The third kappa shape index (κ3) is 7.20. The summed E-state index contributed by atoms with van der Waals surface area (Å²) in [5, 5.41) is 3.60. The average Bonchev–Trinajstić information content (AvgIpc) is 2.25. The SMILES string of the molecule is COCCOCCNC1CCCCCCC1. The third-order valence-electron chi connectivity index (χ3n) is 3.22. The Morgan fingerprint density at radius 2 is 1.62 bits per heavy atom. The molecule has 0 aromatic rings. The molecule has 0 aliphatic heterocycles. The number of nitrogens with one attached hydrogen (secondary N) is 1. The van der Waals surface area contributed by atoms with E-state index in [0.29, 0.717) is 13.2 Å². The van der Waals surface area contributed by atoms with Gasteiger partial charge in [0.15, 0.2) is 0 Å². The zero-order chi connectivity index (χ0) is 11.5. The predicted octanol–water partition coefficient (Wildman–Crippen LogP) is 2.35. The van der Waals surface area contributed by atoms with Crippen LogP contribution in [0.3, 0.4) is 0 Å². The second-order valence-corrected chi connectivity index (χ2v) is 4.60. The van der Waals surface area contributed by atoms with Crippen molar-refractivity contribution in [3.63, 3.8) is 0 Å². The minimum Gasteiger partial charge on any atom is -0.382 e. The molecule has 1 aliphatic rings. The van der Waals surface area contributed by atoms with Crippen molar-refractivity contribution in [3.8, 4) is 0 Å². The summed E-state index contributed by atoms with van der Waals surface area (Å²) in [6.45, 7) is 3.19. The molecule has 0 amide bonds. The summed E-state index contributed by atoms with van der Waals surface area (Å²) in [6.07, 6.45) is 9.75. The molecule has 0 spiro atoms. The van der Waals surface area contributed by atoms with Crippen LogP contribution in [0.25, 0.3) is 0 Å². The van der Waals surface area contributed by atoms with E-state index >= 15 is 0 Å². The van der Waals surface area contributed by atoms with Gasteiger partial charge in [-0.3, -0.25) is 0 Å². The minimum atomic E-state index is 0.698. The molecule has 0 aromatic carbocycles. The minimum absolute atomic E-state index is 0.698. The lowest BCUT2D eigenvalue weighted by Crippen LogP contribution is -2.32. The molecule has 0 radical (unpaired) electrons. The Hall–Kier alpha value is -0.120. The van der Waals surface area contributed by atoms with E-state index in [1.807, 2.05) is 0 Å². The quantitative estimate of drug-likeness (QED) is 0.680. The Bertz CT molecular complexity index is 145. The summed E-state index contributed by atoms with van der Waals surface area (Å²) in [7, 11) is 1.70. The maximum Gasteiger partial charge on any atom is 0.0700 e. The van der Waals surface area contributed by atoms with Crippen molar-refractivity contribution in [2.75, 3.05) is 33.5 Å². The molecule has 96 valence electrons. The summed E-state index contributed by atoms with van der Waals surface area (Å²) in [5.41, 5.74) is 0. The standard InChI is InChI=1S/C13H27NO2/c1-15-11-12-16-10-9-14-13-7-5-3-2-4-6-8-13/h13-14H,2-12H2,1H3. The largest absolute Gasteiger partial charge is 0.382 e. The van der Waals surface area contributed by atoms with E-state index in [4.69, 9.17) is 9.47 Å². The molecule has 1 rings (SSSR count). The molecular weight excluding hydrogens is 202 g/mol. The summed E-state index contributed by atoms with van der Waals surface area (Å²) < 4.78 is 10.4. The highest BCUT2D eigenvalue weighted by Crippen LogP contribution is 2.16. The van der Waals surface area contributed by atoms with Crippen LogP contribution in [0.1, 0.15) is 44.9 Å². The van der Waals surface area contributed by atoms with Crippen LogP contribution < -0.4 is 5.32 Å². The molecule has 0 atom stereocenters. The lowest BCUT2D eigenvalue weighted by molar-refractivity contribution is 0.0707. The third-order valence-corrected chi connectivity index (χ3v) is 3.22. The van der Waals surface area contributed by atoms with E-state index in [-0.39, 0.29) is 0 Å². The molecular formula is C13H27NO2. The van der Waals surface area contributed by atoms with Gasteiger partial charge in [0.2, 0.25) is 0 Å². The number of methoxy groups -OCH3 is 1. The van der Waals surface area contributed by atoms with Crippen LogP contribution in [0.5, 0.6) is 0 Å². The van der Waals surface area contributed by atoms with Gasteiger partial charge < -0.3 is 14.8 Å². The maximum atomic E-state index is 5.43. The summed E-state index contributed by atoms with van der Waals surface area (Å²) >= 11 is 0. The van der Waals surface area contributed by atoms with Gasteiger partial charge >= 0.3 is 0 Å². The van der Waals surface area contributed by atoms with Crippen molar-refractivity contribution in [1.82, 2.24) is 5.32 Å². The highest BCUT2D eigenvalue weighted by molar-refractivity contribution is 4.69. The highest BCUT2D eigenvalue weighted by atomic mass is 16.5. The van der Waals surface area contributed by atoms with Gasteiger partial charge in [0.05, 0.1) is 19.8 Å². The maximum absolute atomic E-state index is 5.43. The zero-order valence-electron chi connectivity index (χ0n) is 10.7. The molecule has 3 heteroatoms. The number of rotatable bonds is 7. The molecule has 1 aliphatic carbocycles. The highest BCUT2D eigenvalue weighted by Gasteiger charge is 2.09. The van der Waals surface area contributed by atoms with Crippen LogP contribution in [0.4, 0.5) is 0 Å². The summed E-state index contributed by atoms with van der Waals surface area (Å²) in [4.78, 5) is 0. The van der Waals surface area contributed by atoms with Gasteiger partial charge in [-0.05, 0) is 12.8 Å². The van der Waals surface area contributed by atoms with Gasteiger partial charge in [0, 0.05) is 19.7 Å². The molecule has 0 bridgehead atoms. The predicted molar refractivity (Wildman–Crippen MR) is 66.8 cm³/mol. The van der Waals surface area contributed by atoms with Crippen LogP contribution in [-0.4, -0.2) is 39.5 Å². The van der Waals surface area contributed by atoms with Crippen LogP contribution >= 0.6 is 0 Å². The Morgan fingerprint density at radius 3 is 2.31 bits per heavy atom. The van der Waals surface area contributed by atoms with Gasteiger partial charge in [-0.15, -0.1) is 0 Å². The smallest absolute Gasteiger partial charge is 0.0700 e. The summed E-state index contributed by atoms with van der Waals surface area (Å²) in [5.74, 6) is 0. The van der Waals surface area contributed by atoms with E-state index in [9.17, 15) is 0 Å². The topological polar surface area (TPSA) is 30.5 Å². The van der Waals surface area contributed by atoms with Crippen molar-refractivity contribution in [3.05, 3.63) is 0 Å². The Kier molecular flexibility index (Phi) is 8.77. The average molecular weight is 229 g/mol. The first-order valence-electron chi connectivity index (χ1n) is 6.73. The van der Waals surface area contributed by atoms with Crippen LogP contribution in [0.15, 0.2) is 0 Å². The molecule has 3 nitrogen and oxygen atoms in total. The van der Waals surface area contributed by atoms with Gasteiger partial charge in [0.1, 0.15) is 0 Å². The Labute approximate surface area is 99.9 Å². The fourth-order valence-electron chi connectivity index (χ4n) is 2.24. The molecule has 1 N–H and O–H groups in total. The monoisotopic (exact) mass is 229 g/mol. The molecule has 0 saturated heterocycles. The fourth-order valence-corrected chi connectivity index (χ4v) is 2.24. The Balaban J connectivity index is 1.93. The number of ether oxygens (including phenoxy) is 2. The lowest BCUT2D eigenvalue weighted by Gasteiger charge is -2.21. The molecule has 16 heavy (non-hydrogen) atoms. The number of hydrogen-bond donors (Lipinski definition) is 1. The zero-order valence-corrected chi connectivity index (χ0v) is 10.7. The normalized spacial score (nSPS) is 19.3. The van der Waals surface area contributed by atoms with E-state index in [2.05, 4.69) is 5.32 Å². The van der Waals surface area contributed by atoms with Gasteiger partial charge in [-0.25, -0.2) is 0 Å². The second kappa shape index (κ2) is 10.1. The van der Waals surface area contributed by atoms with E-state index in [0.717, 1.165) is 19.2 Å². The first-order chi connectivity index (χ1) is 7.93. The van der Waals surface area contributed by atoms with Crippen molar-refractivity contribution in [2.24, 2.45) is 0 Å². The van der Waals surface area contributed by atoms with Crippen molar-refractivity contribution in [1.29, 1.82) is 0 Å². The van der Waals surface area contributed by atoms with E-state index < -0.39 is 0 Å². The van der Waals surface area contributed by atoms with Gasteiger partial charge in [0.25, 0.3) is 0 Å². The fraction of sp³-hybridized carbons (Fsp3) is 1.00. The number of hydrogen-bond acceptors (Lipinski definition) is 3. The lowest BCUT2D eigenvalue weighted by atomic mass is 9.97. The van der Waals surface area contributed by atoms with Gasteiger partial charge in [-0.2, -0.15) is 0 Å². The van der Waals surface area contributed by atoms with Crippen LogP contribution in [0, 0.1) is 0 Å². The Morgan fingerprint density at radius 1 is 0.938 bits per heavy atom. The molecule has 1 fully saturated rings.